The van der Waals surface area contributed by atoms with E-state index in [9.17, 15) is 4.79 Å². The highest BCUT2D eigenvalue weighted by Gasteiger charge is 2.37. The number of amides is 1. The fourth-order valence-corrected chi connectivity index (χ4v) is 3.53. The average Bonchev–Trinajstić information content (AvgIpc) is 3.06. The Hall–Kier alpha value is -2.36. The van der Waals surface area contributed by atoms with Gasteiger partial charge >= 0.3 is 0 Å². The Bertz CT molecular complexity index is 828. The molecule has 0 saturated carbocycles. The number of nitrogens with zero attached hydrogens (tertiary/aromatic N) is 2. The van der Waals surface area contributed by atoms with Gasteiger partial charge in [-0.1, -0.05) is 18.2 Å². The number of benzene rings is 1. The first-order valence-electron chi connectivity index (χ1n) is 7.79. The Labute approximate surface area is 129 Å². The van der Waals surface area contributed by atoms with E-state index in [4.69, 9.17) is 4.98 Å². The van der Waals surface area contributed by atoms with Crippen LogP contribution in [0.15, 0.2) is 41.6 Å². The number of fused-ring (bicyclic) bond motifs is 2. The molecule has 2 aromatic rings. The van der Waals surface area contributed by atoms with Gasteiger partial charge < -0.3 is 9.88 Å². The fraction of sp³-hybridized carbons (Fsp3) is 0.333. The van der Waals surface area contributed by atoms with Crippen molar-refractivity contribution in [3.63, 3.8) is 0 Å². The van der Waals surface area contributed by atoms with Gasteiger partial charge in [-0.25, -0.2) is 4.98 Å². The molecule has 1 fully saturated rings. The molecule has 0 bridgehead atoms. The van der Waals surface area contributed by atoms with E-state index in [0.29, 0.717) is 0 Å². The van der Waals surface area contributed by atoms with Crippen LogP contribution in [0.3, 0.4) is 0 Å². The standard InChI is InChI=1S/C18H19N3O/c1-11-7-8-14-15(9-11)20-18(19-14)17-10-13-5-3-4-6-16(13)21(17)12(2)22/h5-9,17H,3-4,10H2,1-2H3,(H,19,20). The van der Waals surface area contributed by atoms with Crippen molar-refractivity contribution in [1.29, 1.82) is 0 Å². The number of carbonyl (C=O) groups is 1. The summed E-state index contributed by atoms with van der Waals surface area (Å²) in [5.74, 6) is 0.963. The summed E-state index contributed by atoms with van der Waals surface area (Å²) >= 11 is 0. The predicted molar refractivity (Wildman–Crippen MR) is 86.1 cm³/mol. The normalized spacial score (nSPS) is 20.8. The third kappa shape index (κ3) is 1.98. The summed E-state index contributed by atoms with van der Waals surface area (Å²) in [6.45, 7) is 3.71. The largest absolute Gasteiger partial charge is 0.340 e. The molecule has 1 N–H and O–H groups in total. The number of rotatable bonds is 1. The molecule has 1 aromatic carbocycles. The summed E-state index contributed by atoms with van der Waals surface area (Å²) in [7, 11) is 0. The molecule has 4 nitrogen and oxygen atoms in total. The van der Waals surface area contributed by atoms with E-state index in [0.717, 1.165) is 41.8 Å². The van der Waals surface area contributed by atoms with E-state index in [1.807, 2.05) is 11.0 Å². The lowest BCUT2D eigenvalue weighted by molar-refractivity contribution is -0.128. The highest BCUT2D eigenvalue weighted by molar-refractivity contribution is 5.79. The van der Waals surface area contributed by atoms with Crippen LogP contribution in [0.5, 0.6) is 0 Å². The molecule has 22 heavy (non-hydrogen) atoms. The zero-order valence-electron chi connectivity index (χ0n) is 12.9. The van der Waals surface area contributed by atoms with Crippen molar-refractivity contribution in [3.8, 4) is 0 Å². The third-order valence-electron chi connectivity index (χ3n) is 4.52. The Kier molecular flexibility index (Phi) is 2.93. The lowest BCUT2D eigenvalue weighted by atomic mass is 10.0. The van der Waals surface area contributed by atoms with Gasteiger partial charge in [-0.05, 0) is 43.0 Å². The number of aromatic amines is 1. The van der Waals surface area contributed by atoms with E-state index in [1.165, 1.54) is 11.1 Å². The van der Waals surface area contributed by atoms with E-state index >= 15 is 0 Å². The molecule has 4 heteroatoms. The van der Waals surface area contributed by atoms with E-state index in [2.05, 4.69) is 36.2 Å². The van der Waals surface area contributed by atoms with Crippen LogP contribution in [-0.2, 0) is 4.79 Å². The minimum absolute atomic E-state index is 0.0131. The smallest absolute Gasteiger partial charge is 0.224 e. The molecular formula is C18H19N3O. The average molecular weight is 293 g/mol. The first-order chi connectivity index (χ1) is 10.6. The fourth-order valence-electron chi connectivity index (χ4n) is 3.53. The second-order valence-corrected chi connectivity index (χ2v) is 6.15. The second-order valence-electron chi connectivity index (χ2n) is 6.15. The molecule has 4 rings (SSSR count). The van der Waals surface area contributed by atoms with Crippen molar-refractivity contribution in [2.75, 3.05) is 0 Å². The Morgan fingerprint density at radius 3 is 2.95 bits per heavy atom. The minimum atomic E-state index is -0.0131. The molecular weight excluding hydrogens is 274 g/mol. The number of imidazole rings is 1. The SMILES string of the molecule is CC(=O)N1C2=CCCC=C2CC1c1nc2ccc(C)cc2[nH]1. The predicted octanol–water partition coefficient (Wildman–Crippen LogP) is 3.77. The number of H-pyrrole nitrogens is 1. The van der Waals surface area contributed by atoms with Crippen molar-refractivity contribution >= 4 is 16.9 Å². The van der Waals surface area contributed by atoms with Gasteiger partial charge in [0.15, 0.2) is 0 Å². The van der Waals surface area contributed by atoms with Crippen LogP contribution < -0.4 is 0 Å². The van der Waals surface area contributed by atoms with Crippen LogP contribution in [0.4, 0.5) is 0 Å². The van der Waals surface area contributed by atoms with E-state index in [-0.39, 0.29) is 11.9 Å². The number of hydrogen-bond acceptors (Lipinski definition) is 2. The first kappa shape index (κ1) is 13.3. The quantitative estimate of drug-likeness (QED) is 0.870. The second kappa shape index (κ2) is 4.83. The van der Waals surface area contributed by atoms with E-state index < -0.39 is 0 Å². The van der Waals surface area contributed by atoms with Crippen molar-refractivity contribution in [2.45, 2.75) is 39.2 Å². The number of aryl methyl sites for hydroxylation is 1. The van der Waals surface area contributed by atoms with Crippen molar-refractivity contribution in [3.05, 3.63) is 53.0 Å². The van der Waals surface area contributed by atoms with Gasteiger partial charge in [0.25, 0.3) is 0 Å². The van der Waals surface area contributed by atoms with Crippen LogP contribution in [0.2, 0.25) is 0 Å². The number of carbonyl (C=O) groups excluding carboxylic acids is 1. The topological polar surface area (TPSA) is 49.0 Å². The van der Waals surface area contributed by atoms with Gasteiger partial charge in [0.1, 0.15) is 5.82 Å². The maximum absolute atomic E-state index is 12.2. The zero-order chi connectivity index (χ0) is 15.3. The summed E-state index contributed by atoms with van der Waals surface area (Å²) in [5, 5.41) is 0. The zero-order valence-corrected chi connectivity index (χ0v) is 12.9. The Morgan fingerprint density at radius 2 is 2.14 bits per heavy atom. The summed E-state index contributed by atoms with van der Waals surface area (Å²) in [6, 6.07) is 6.18. The summed E-state index contributed by atoms with van der Waals surface area (Å²) in [4.78, 5) is 22.2. The molecule has 1 saturated heterocycles. The lowest BCUT2D eigenvalue weighted by Gasteiger charge is -2.23. The molecule has 2 heterocycles. The van der Waals surface area contributed by atoms with Crippen LogP contribution >= 0.6 is 0 Å². The van der Waals surface area contributed by atoms with Gasteiger partial charge in [-0.15, -0.1) is 0 Å². The maximum atomic E-state index is 12.2. The summed E-state index contributed by atoms with van der Waals surface area (Å²) < 4.78 is 0. The Morgan fingerprint density at radius 1 is 1.32 bits per heavy atom. The molecule has 1 amide bonds. The first-order valence-corrected chi connectivity index (χ1v) is 7.79. The number of nitrogens with one attached hydrogen (secondary N) is 1. The molecule has 2 aliphatic rings. The summed E-state index contributed by atoms with van der Waals surface area (Å²) in [6.07, 6.45) is 7.37. The van der Waals surface area contributed by atoms with Crippen LogP contribution in [-0.4, -0.2) is 20.8 Å². The van der Waals surface area contributed by atoms with Crippen molar-refractivity contribution in [2.24, 2.45) is 0 Å². The number of aromatic nitrogens is 2. The van der Waals surface area contributed by atoms with Crippen LogP contribution in [0.1, 0.15) is 43.6 Å². The van der Waals surface area contributed by atoms with Gasteiger partial charge in [-0.3, -0.25) is 4.79 Å². The molecule has 0 spiro atoms. The number of allylic oxidation sites excluding steroid dienone is 3. The van der Waals surface area contributed by atoms with Gasteiger partial charge in [0.2, 0.25) is 5.91 Å². The van der Waals surface area contributed by atoms with E-state index in [1.54, 1.807) is 6.92 Å². The highest BCUT2D eigenvalue weighted by atomic mass is 16.2. The summed E-state index contributed by atoms with van der Waals surface area (Å²) in [5.41, 5.74) is 5.57. The van der Waals surface area contributed by atoms with Crippen LogP contribution in [0.25, 0.3) is 11.0 Å². The molecule has 0 radical (unpaired) electrons. The van der Waals surface area contributed by atoms with Crippen molar-refractivity contribution in [1.82, 2.24) is 14.9 Å². The third-order valence-corrected chi connectivity index (χ3v) is 4.52. The number of likely N-dealkylation sites (tertiary alicyclic amines) is 1. The van der Waals surface area contributed by atoms with Crippen LogP contribution in [0, 0.1) is 6.92 Å². The van der Waals surface area contributed by atoms with Gasteiger partial charge in [0, 0.05) is 19.0 Å². The molecule has 112 valence electrons. The minimum Gasteiger partial charge on any atom is -0.340 e. The molecule has 1 unspecified atom stereocenters. The maximum Gasteiger partial charge on any atom is 0.224 e. The number of hydrogen-bond donors (Lipinski definition) is 1. The Balaban J connectivity index is 1.80. The molecule has 1 aliphatic heterocycles. The molecule has 1 atom stereocenters. The lowest BCUT2D eigenvalue weighted by Crippen LogP contribution is -2.27. The molecule has 1 aromatic heterocycles. The monoisotopic (exact) mass is 293 g/mol. The molecule has 1 aliphatic carbocycles. The van der Waals surface area contributed by atoms with Gasteiger partial charge in [0.05, 0.1) is 17.1 Å². The highest BCUT2D eigenvalue weighted by Crippen LogP contribution is 2.43. The van der Waals surface area contributed by atoms with Gasteiger partial charge in [-0.2, -0.15) is 0 Å². The van der Waals surface area contributed by atoms with Crippen molar-refractivity contribution < 1.29 is 4.79 Å².